The summed E-state index contributed by atoms with van der Waals surface area (Å²) in [7, 11) is 0. The molecule has 1 aromatic rings. The van der Waals surface area contributed by atoms with E-state index in [4.69, 9.17) is 5.73 Å². The van der Waals surface area contributed by atoms with Gasteiger partial charge in [0.05, 0.1) is 11.7 Å². The standard InChI is InChI=1S/C14H18N2O2/c15-12-3-1-2-9-8-16(14(18)13(9)12)10-4-6-11(17)7-5-10/h1-3,10-11,17H,4-8,15H2/t10-,11-. The van der Waals surface area contributed by atoms with Crippen LogP contribution in [0.1, 0.15) is 41.6 Å². The van der Waals surface area contributed by atoms with Crippen LogP contribution < -0.4 is 5.73 Å². The van der Waals surface area contributed by atoms with Gasteiger partial charge < -0.3 is 15.7 Å². The zero-order valence-corrected chi connectivity index (χ0v) is 10.3. The molecule has 0 spiro atoms. The Labute approximate surface area is 106 Å². The second-order valence-corrected chi connectivity index (χ2v) is 5.28. The van der Waals surface area contributed by atoms with Crippen LogP contribution in [0.2, 0.25) is 0 Å². The molecule has 0 atom stereocenters. The van der Waals surface area contributed by atoms with Gasteiger partial charge in [0, 0.05) is 18.3 Å². The van der Waals surface area contributed by atoms with Gasteiger partial charge in [0.1, 0.15) is 0 Å². The first kappa shape index (κ1) is 11.5. The van der Waals surface area contributed by atoms with E-state index in [-0.39, 0.29) is 18.1 Å². The first-order chi connectivity index (χ1) is 8.66. The summed E-state index contributed by atoms with van der Waals surface area (Å²) >= 11 is 0. The number of rotatable bonds is 1. The van der Waals surface area contributed by atoms with E-state index in [1.54, 1.807) is 6.07 Å². The van der Waals surface area contributed by atoms with Gasteiger partial charge in [-0.05, 0) is 37.3 Å². The van der Waals surface area contributed by atoms with E-state index >= 15 is 0 Å². The minimum atomic E-state index is -0.189. The molecule has 1 heterocycles. The Morgan fingerprint density at radius 3 is 2.61 bits per heavy atom. The van der Waals surface area contributed by atoms with E-state index in [9.17, 15) is 9.90 Å². The number of nitrogens with zero attached hydrogens (tertiary/aromatic N) is 1. The lowest BCUT2D eigenvalue weighted by atomic mass is 9.92. The average Bonchev–Trinajstić information content (AvgIpc) is 2.69. The Balaban J connectivity index is 1.82. The molecule has 3 rings (SSSR count). The zero-order chi connectivity index (χ0) is 12.7. The summed E-state index contributed by atoms with van der Waals surface area (Å²) in [5, 5.41) is 9.53. The van der Waals surface area contributed by atoms with E-state index in [1.165, 1.54) is 0 Å². The predicted octanol–water partition coefficient (Wildman–Crippen LogP) is 1.53. The van der Waals surface area contributed by atoms with Gasteiger partial charge in [0.2, 0.25) is 0 Å². The smallest absolute Gasteiger partial charge is 0.256 e. The van der Waals surface area contributed by atoms with Crippen LogP contribution in [0.15, 0.2) is 18.2 Å². The molecule has 3 N–H and O–H groups in total. The fourth-order valence-corrected chi connectivity index (χ4v) is 3.08. The van der Waals surface area contributed by atoms with Crippen molar-refractivity contribution in [2.24, 2.45) is 0 Å². The van der Waals surface area contributed by atoms with Crippen molar-refractivity contribution >= 4 is 11.6 Å². The van der Waals surface area contributed by atoms with Crippen molar-refractivity contribution in [2.75, 3.05) is 5.73 Å². The van der Waals surface area contributed by atoms with Crippen LogP contribution in [0.4, 0.5) is 5.69 Å². The largest absolute Gasteiger partial charge is 0.398 e. The lowest BCUT2D eigenvalue weighted by Gasteiger charge is -2.32. The van der Waals surface area contributed by atoms with E-state index < -0.39 is 0 Å². The van der Waals surface area contributed by atoms with Crippen molar-refractivity contribution in [3.05, 3.63) is 29.3 Å². The molecule has 4 heteroatoms. The summed E-state index contributed by atoms with van der Waals surface area (Å²) in [5.74, 6) is 0.0597. The zero-order valence-electron chi connectivity index (χ0n) is 10.3. The Morgan fingerprint density at radius 1 is 1.22 bits per heavy atom. The molecule has 96 valence electrons. The van der Waals surface area contributed by atoms with Crippen molar-refractivity contribution in [1.82, 2.24) is 4.90 Å². The molecule has 2 aliphatic rings. The lowest BCUT2D eigenvalue weighted by molar-refractivity contribution is 0.0520. The van der Waals surface area contributed by atoms with Crippen molar-refractivity contribution < 1.29 is 9.90 Å². The molecule has 0 radical (unpaired) electrons. The number of fused-ring (bicyclic) bond motifs is 1. The maximum atomic E-state index is 12.4. The van der Waals surface area contributed by atoms with Gasteiger partial charge in [0.25, 0.3) is 5.91 Å². The topological polar surface area (TPSA) is 66.6 Å². The molecule has 1 fully saturated rings. The number of anilines is 1. The number of hydrogen-bond donors (Lipinski definition) is 2. The number of hydrogen-bond acceptors (Lipinski definition) is 3. The fourth-order valence-electron chi connectivity index (χ4n) is 3.08. The molecule has 1 aliphatic carbocycles. The number of aliphatic hydroxyl groups is 1. The highest BCUT2D eigenvalue weighted by Gasteiger charge is 2.35. The third kappa shape index (κ3) is 1.77. The molecular weight excluding hydrogens is 228 g/mol. The van der Waals surface area contributed by atoms with Gasteiger partial charge in [-0.25, -0.2) is 0 Å². The van der Waals surface area contributed by atoms with Crippen molar-refractivity contribution in [2.45, 2.75) is 44.4 Å². The first-order valence-electron chi connectivity index (χ1n) is 6.53. The summed E-state index contributed by atoms with van der Waals surface area (Å²) in [6.45, 7) is 0.667. The fraction of sp³-hybridized carbons (Fsp3) is 0.500. The van der Waals surface area contributed by atoms with Crippen LogP contribution in [-0.4, -0.2) is 28.1 Å². The van der Waals surface area contributed by atoms with Crippen molar-refractivity contribution in [3.8, 4) is 0 Å². The Bertz CT molecular complexity index is 479. The maximum absolute atomic E-state index is 12.4. The molecule has 0 saturated heterocycles. The predicted molar refractivity (Wildman–Crippen MR) is 69.0 cm³/mol. The summed E-state index contributed by atoms with van der Waals surface area (Å²) in [5.41, 5.74) is 8.19. The summed E-state index contributed by atoms with van der Waals surface area (Å²) in [6.07, 6.45) is 3.17. The first-order valence-corrected chi connectivity index (χ1v) is 6.53. The average molecular weight is 246 g/mol. The third-order valence-corrected chi connectivity index (χ3v) is 4.11. The van der Waals surface area contributed by atoms with Gasteiger partial charge in [-0.2, -0.15) is 0 Å². The number of carbonyl (C=O) groups is 1. The quantitative estimate of drug-likeness (QED) is 0.738. The molecule has 0 aromatic heterocycles. The molecule has 0 unspecified atom stereocenters. The molecule has 1 amide bonds. The summed E-state index contributed by atoms with van der Waals surface area (Å²) in [6, 6.07) is 5.91. The number of nitrogens with two attached hydrogens (primary N) is 1. The maximum Gasteiger partial charge on any atom is 0.256 e. The number of benzene rings is 1. The molecule has 1 aromatic carbocycles. The van der Waals surface area contributed by atoms with Crippen LogP contribution in [0.25, 0.3) is 0 Å². The van der Waals surface area contributed by atoms with E-state index in [2.05, 4.69) is 0 Å². The normalized spacial score (nSPS) is 27.4. The highest BCUT2D eigenvalue weighted by atomic mass is 16.3. The van der Waals surface area contributed by atoms with E-state index in [0.29, 0.717) is 17.8 Å². The van der Waals surface area contributed by atoms with Crippen LogP contribution in [0.3, 0.4) is 0 Å². The summed E-state index contributed by atoms with van der Waals surface area (Å²) < 4.78 is 0. The number of nitrogen functional groups attached to an aromatic ring is 1. The Kier molecular flexibility index (Phi) is 2.74. The van der Waals surface area contributed by atoms with Gasteiger partial charge >= 0.3 is 0 Å². The van der Waals surface area contributed by atoms with Gasteiger partial charge in [-0.3, -0.25) is 4.79 Å². The molecule has 18 heavy (non-hydrogen) atoms. The molecule has 0 bridgehead atoms. The van der Waals surface area contributed by atoms with Gasteiger partial charge in [0.15, 0.2) is 0 Å². The minimum absolute atomic E-state index is 0.0597. The monoisotopic (exact) mass is 246 g/mol. The van der Waals surface area contributed by atoms with Crippen LogP contribution in [-0.2, 0) is 6.54 Å². The molecule has 4 nitrogen and oxygen atoms in total. The minimum Gasteiger partial charge on any atom is -0.398 e. The van der Waals surface area contributed by atoms with E-state index in [1.807, 2.05) is 17.0 Å². The molecule has 1 saturated carbocycles. The lowest BCUT2D eigenvalue weighted by Crippen LogP contribution is -2.39. The molecule has 1 aliphatic heterocycles. The number of amides is 1. The highest BCUT2D eigenvalue weighted by molar-refractivity contribution is 6.03. The summed E-state index contributed by atoms with van der Waals surface area (Å²) in [4.78, 5) is 14.3. The third-order valence-electron chi connectivity index (χ3n) is 4.11. The van der Waals surface area contributed by atoms with Gasteiger partial charge in [-0.15, -0.1) is 0 Å². The second-order valence-electron chi connectivity index (χ2n) is 5.28. The number of carbonyl (C=O) groups excluding carboxylic acids is 1. The van der Waals surface area contributed by atoms with Crippen molar-refractivity contribution in [3.63, 3.8) is 0 Å². The SMILES string of the molecule is Nc1cccc2c1C(=O)N([C@H]1CC[C@H](O)CC1)C2. The Hall–Kier alpha value is -1.55. The van der Waals surface area contributed by atoms with Gasteiger partial charge in [-0.1, -0.05) is 12.1 Å². The van der Waals surface area contributed by atoms with Crippen LogP contribution in [0.5, 0.6) is 0 Å². The van der Waals surface area contributed by atoms with Crippen LogP contribution >= 0.6 is 0 Å². The van der Waals surface area contributed by atoms with Crippen molar-refractivity contribution in [1.29, 1.82) is 0 Å². The Morgan fingerprint density at radius 2 is 1.94 bits per heavy atom. The number of aliphatic hydroxyl groups excluding tert-OH is 1. The van der Waals surface area contributed by atoms with E-state index in [0.717, 1.165) is 31.2 Å². The van der Waals surface area contributed by atoms with Crippen LogP contribution in [0, 0.1) is 0 Å². The highest BCUT2D eigenvalue weighted by Crippen LogP contribution is 2.33. The molecular formula is C14H18N2O2. The second kappa shape index (κ2) is 4.28.